The molecule has 288 valence electrons. The number of nitrogens with zero attached hydrogens (tertiary/aromatic N) is 4. The van der Waals surface area contributed by atoms with Crippen LogP contribution in [0, 0.1) is 11.3 Å². The SMILES string of the molecule is CC(C)C(=O)Nc1nc(OCc2ccc(OC(=O)C(C)(C)C)cc2)c2ncn([C@H]3C[C@H](O[Si](C)(C)C(C)(C)C)[C@@H](CO[Si](C)(C)C(C)(C)C)O3)c2n1. The first-order valence-corrected chi connectivity index (χ1v) is 24.1. The second-order valence-corrected chi connectivity index (χ2v) is 27.8. The Hall–Kier alpha value is -3.18. The number of esters is 1. The molecule has 0 saturated carbocycles. The van der Waals surface area contributed by atoms with Crippen LogP contribution >= 0.6 is 0 Å². The number of carbonyl (C=O) groups is 2. The smallest absolute Gasteiger partial charge is 0.316 e. The third kappa shape index (κ3) is 9.87. The van der Waals surface area contributed by atoms with E-state index < -0.39 is 28.3 Å². The number of imidazole rings is 1. The van der Waals surface area contributed by atoms with Crippen molar-refractivity contribution in [3.8, 4) is 11.6 Å². The second kappa shape index (κ2) is 15.3. The molecule has 0 bridgehead atoms. The molecule has 1 saturated heterocycles. The number of anilines is 1. The molecule has 4 rings (SSSR count). The number of carbonyl (C=O) groups excluding carboxylic acids is 2. The summed E-state index contributed by atoms with van der Waals surface area (Å²) in [6.45, 7) is 32.0. The first-order chi connectivity index (χ1) is 23.8. The molecule has 3 aromatic rings. The number of nitrogens with one attached hydrogen (secondary N) is 1. The highest BCUT2D eigenvalue weighted by atomic mass is 28.4. The minimum atomic E-state index is -2.17. The van der Waals surface area contributed by atoms with Crippen LogP contribution in [0.15, 0.2) is 30.6 Å². The fraction of sp³-hybridized carbons (Fsp3) is 0.658. The maximum Gasteiger partial charge on any atom is 0.316 e. The number of benzene rings is 1. The molecule has 1 aliphatic heterocycles. The van der Waals surface area contributed by atoms with Crippen LogP contribution in [-0.2, 0) is 29.8 Å². The van der Waals surface area contributed by atoms with Crippen molar-refractivity contribution in [3.05, 3.63) is 36.2 Å². The van der Waals surface area contributed by atoms with Crippen LogP contribution in [-0.4, -0.2) is 66.8 Å². The first-order valence-electron chi connectivity index (χ1n) is 18.3. The van der Waals surface area contributed by atoms with Gasteiger partial charge in [-0.2, -0.15) is 9.97 Å². The van der Waals surface area contributed by atoms with Crippen LogP contribution in [0.2, 0.25) is 36.3 Å². The van der Waals surface area contributed by atoms with Gasteiger partial charge in [0, 0.05) is 12.3 Å². The molecule has 0 spiro atoms. The molecule has 0 aliphatic carbocycles. The summed E-state index contributed by atoms with van der Waals surface area (Å²) in [5.74, 6) is -0.0452. The van der Waals surface area contributed by atoms with E-state index in [-0.39, 0.29) is 58.5 Å². The lowest BCUT2D eigenvalue weighted by Crippen LogP contribution is -2.48. The molecule has 1 amide bonds. The van der Waals surface area contributed by atoms with E-state index in [0.717, 1.165) is 5.56 Å². The zero-order valence-electron chi connectivity index (χ0n) is 34.0. The van der Waals surface area contributed by atoms with E-state index in [1.165, 1.54) is 0 Å². The molecule has 1 aliphatic rings. The van der Waals surface area contributed by atoms with Crippen molar-refractivity contribution in [1.29, 1.82) is 0 Å². The van der Waals surface area contributed by atoms with Crippen LogP contribution in [0.4, 0.5) is 5.95 Å². The Morgan fingerprint density at radius 1 is 0.942 bits per heavy atom. The maximum absolute atomic E-state index is 12.8. The summed E-state index contributed by atoms with van der Waals surface area (Å²) in [5, 5.41) is 2.89. The first kappa shape index (κ1) is 41.6. The van der Waals surface area contributed by atoms with Gasteiger partial charge in [-0.05, 0) is 74.7 Å². The minimum Gasteiger partial charge on any atom is -0.471 e. The highest BCUT2D eigenvalue weighted by molar-refractivity contribution is 6.74. The van der Waals surface area contributed by atoms with E-state index in [1.807, 2.05) is 37.5 Å². The van der Waals surface area contributed by atoms with Crippen LogP contribution in [0.25, 0.3) is 11.2 Å². The third-order valence-electron chi connectivity index (χ3n) is 10.4. The molecule has 0 unspecified atom stereocenters. The van der Waals surface area contributed by atoms with Gasteiger partial charge in [-0.1, -0.05) is 67.5 Å². The van der Waals surface area contributed by atoms with E-state index in [2.05, 4.69) is 83.0 Å². The summed E-state index contributed by atoms with van der Waals surface area (Å²) < 4.78 is 34.1. The molecular formula is C38H61N5O7Si2. The Morgan fingerprint density at radius 3 is 2.12 bits per heavy atom. The Kier molecular flexibility index (Phi) is 12.2. The van der Waals surface area contributed by atoms with E-state index in [9.17, 15) is 9.59 Å². The number of rotatable bonds is 12. The Bertz CT molecular complexity index is 1720. The minimum absolute atomic E-state index is 0.0117. The van der Waals surface area contributed by atoms with Crippen LogP contribution in [0.3, 0.4) is 0 Å². The quantitative estimate of drug-likeness (QED) is 0.109. The van der Waals surface area contributed by atoms with E-state index in [1.54, 1.807) is 32.3 Å². The molecular weight excluding hydrogens is 695 g/mol. The normalized spacial score (nSPS) is 19.0. The van der Waals surface area contributed by atoms with Crippen LogP contribution in [0.5, 0.6) is 11.6 Å². The Labute approximate surface area is 312 Å². The average molecular weight is 756 g/mol. The van der Waals surface area contributed by atoms with Gasteiger partial charge in [0.1, 0.15) is 24.7 Å². The predicted octanol–water partition coefficient (Wildman–Crippen LogP) is 8.65. The summed E-state index contributed by atoms with van der Waals surface area (Å²) in [6.07, 6.45) is 1.31. The van der Waals surface area contributed by atoms with Crippen molar-refractivity contribution in [3.63, 3.8) is 0 Å². The zero-order chi connectivity index (χ0) is 39.0. The summed E-state index contributed by atoms with van der Waals surface area (Å²) in [4.78, 5) is 39.1. The number of amides is 1. The van der Waals surface area contributed by atoms with Gasteiger partial charge in [0.05, 0.1) is 24.5 Å². The predicted molar refractivity (Wildman–Crippen MR) is 208 cm³/mol. The van der Waals surface area contributed by atoms with Gasteiger partial charge in [-0.3, -0.25) is 19.5 Å². The van der Waals surface area contributed by atoms with Gasteiger partial charge in [0.25, 0.3) is 0 Å². The molecule has 1 fully saturated rings. The lowest BCUT2D eigenvalue weighted by Gasteiger charge is -2.40. The van der Waals surface area contributed by atoms with E-state index in [0.29, 0.717) is 29.9 Å². The van der Waals surface area contributed by atoms with Crippen molar-refractivity contribution in [2.24, 2.45) is 11.3 Å². The topological polar surface area (TPSA) is 136 Å². The summed E-state index contributed by atoms with van der Waals surface area (Å²) in [6, 6.07) is 7.10. The molecule has 3 atom stereocenters. The van der Waals surface area contributed by atoms with Crippen molar-refractivity contribution in [1.82, 2.24) is 19.5 Å². The average Bonchev–Trinajstić information content (AvgIpc) is 3.61. The Morgan fingerprint density at radius 2 is 1.56 bits per heavy atom. The molecule has 3 heterocycles. The van der Waals surface area contributed by atoms with Gasteiger partial charge in [0.15, 0.2) is 27.8 Å². The molecule has 14 heteroatoms. The number of hydrogen-bond donors (Lipinski definition) is 1. The van der Waals surface area contributed by atoms with Crippen molar-refractivity contribution < 1.29 is 32.7 Å². The van der Waals surface area contributed by atoms with E-state index in [4.69, 9.17) is 28.0 Å². The monoisotopic (exact) mass is 755 g/mol. The van der Waals surface area contributed by atoms with Gasteiger partial charge >= 0.3 is 5.97 Å². The lowest BCUT2D eigenvalue weighted by molar-refractivity contribution is -0.143. The lowest BCUT2D eigenvalue weighted by atomic mass is 9.97. The molecule has 1 N–H and O–H groups in total. The second-order valence-electron chi connectivity index (χ2n) is 18.2. The van der Waals surface area contributed by atoms with Gasteiger partial charge in [-0.15, -0.1) is 0 Å². The number of hydrogen-bond acceptors (Lipinski definition) is 10. The number of ether oxygens (including phenoxy) is 3. The largest absolute Gasteiger partial charge is 0.471 e. The number of fused-ring (bicyclic) bond motifs is 1. The Balaban J connectivity index is 1.65. The van der Waals surface area contributed by atoms with Crippen LogP contribution in [0.1, 0.15) is 94.4 Å². The molecule has 0 radical (unpaired) electrons. The summed E-state index contributed by atoms with van der Waals surface area (Å²) >= 11 is 0. The van der Waals surface area contributed by atoms with Crippen molar-refractivity contribution in [2.45, 2.75) is 144 Å². The standard InChI is InChI=1S/C38H61N5O7Si2/c1-24(2)32(44)41-35-40-31-30(33(42-35)46-21-25-16-18-26(19-17-25)48-34(45)36(3,4)5)39-23-43(31)29-20-27(50-52(14,15)38(9,10)11)28(49-29)22-47-51(12,13)37(6,7)8/h16-19,23-24,27-29H,20-22H2,1-15H3,(H,40,41,42,44)/t27-,28+,29+/m0/s1. The van der Waals surface area contributed by atoms with Crippen molar-refractivity contribution >= 4 is 45.6 Å². The maximum atomic E-state index is 12.8. The fourth-order valence-electron chi connectivity index (χ4n) is 4.79. The fourth-order valence-corrected chi connectivity index (χ4v) is 7.16. The molecule has 12 nitrogen and oxygen atoms in total. The summed E-state index contributed by atoms with van der Waals surface area (Å²) in [7, 11) is -4.24. The number of aromatic nitrogens is 4. The third-order valence-corrected chi connectivity index (χ3v) is 19.4. The highest BCUT2D eigenvalue weighted by Gasteiger charge is 2.47. The molecule has 52 heavy (non-hydrogen) atoms. The summed E-state index contributed by atoms with van der Waals surface area (Å²) in [5.41, 5.74) is 1.11. The van der Waals surface area contributed by atoms with Crippen LogP contribution < -0.4 is 14.8 Å². The van der Waals surface area contributed by atoms with Gasteiger partial charge in [0.2, 0.25) is 17.7 Å². The highest BCUT2D eigenvalue weighted by Crippen LogP contribution is 2.43. The molecule has 1 aromatic carbocycles. The van der Waals surface area contributed by atoms with Crippen molar-refractivity contribution in [2.75, 3.05) is 11.9 Å². The van der Waals surface area contributed by atoms with E-state index >= 15 is 0 Å². The van der Waals surface area contributed by atoms with Gasteiger partial charge in [-0.25, -0.2) is 4.98 Å². The zero-order valence-corrected chi connectivity index (χ0v) is 36.0. The van der Waals surface area contributed by atoms with Gasteiger partial charge < -0.3 is 23.1 Å². The molecule has 2 aromatic heterocycles.